The number of carbonyl (C=O) groups is 2. The fraction of sp³-hybridized carbons (Fsp3) is 0.133. The van der Waals surface area contributed by atoms with Gasteiger partial charge in [0.2, 0.25) is 0 Å². The van der Waals surface area contributed by atoms with Gasteiger partial charge in [0, 0.05) is 5.56 Å². The molecule has 2 amide bonds. The molecular weight excluding hydrogens is 304 g/mol. The Kier molecular flexibility index (Phi) is 4.76. The summed E-state index contributed by atoms with van der Waals surface area (Å²) in [6.45, 7) is 0.0268. The summed E-state index contributed by atoms with van der Waals surface area (Å²) >= 11 is 4.74. The van der Waals surface area contributed by atoms with Crippen LogP contribution in [0.25, 0.3) is 6.08 Å². The number of terminal acetylenes is 1. The molecule has 1 aliphatic heterocycles. The van der Waals surface area contributed by atoms with Gasteiger partial charge in [0.05, 0.1) is 7.11 Å². The minimum Gasteiger partial charge on any atom is -0.493 e. The fourth-order valence-electron chi connectivity index (χ4n) is 1.84. The van der Waals surface area contributed by atoms with Gasteiger partial charge in [0.1, 0.15) is 12.2 Å². The number of methoxy groups -OCH3 is 1. The van der Waals surface area contributed by atoms with Crippen molar-refractivity contribution >= 4 is 35.2 Å². The quantitative estimate of drug-likeness (QED) is 0.369. The van der Waals surface area contributed by atoms with Gasteiger partial charge in [-0.3, -0.25) is 20.2 Å². The van der Waals surface area contributed by atoms with Crippen molar-refractivity contribution in [3.63, 3.8) is 0 Å². The van der Waals surface area contributed by atoms with Gasteiger partial charge in [-0.1, -0.05) is 18.1 Å². The van der Waals surface area contributed by atoms with Crippen molar-refractivity contribution in [2.45, 2.75) is 0 Å². The van der Waals surface area contributed by atoms with Crippen LogP contribution < -0.4 is 20.1 Å². The molecule has 2 rings (SSSR count). The summed E-state index contributed by atoms with van der Waals surface area (Å²) in [7, 11) is 1.48. The highest BCUT2D eigenvalue weighted by Crippen LogP contribution is 2.32. The molecule has 1 heterocycles. The lowest BCUT2D eigenvalue weighted by Crippen LogP contribution is -2.51. The van der Waals surface area contributed by atoms with E-state index in [9.17, 15) is 9.59 Å². The van der Waals surface area contributed by atoms with Crippen LogP contribution in [0.3, 0.4) is 0 Å². The van der Waals surface area contributed by atoms with E-state index in [2.05, 4.69) is 16.6 Å². The van der Waals surface area contributed by atoms with Crippen LogP contribution in [0.1, 0.15) is 5.56 Å². The monoisotopic (exact) mass is 316 g/mol. The summed E-state index contributed by atoms with van der Waals surface area (Å²) in [5.41, 5.74) is 0.398. The third-order valence-electron chi connectivity index (χ3n) is 2.77. The third kappa shape index (κ3) is 3.24. The van der Waals surface area contributed by atoms with E-state index in [1.807, 2.05) is 0 Å². The molecule has 1 aromatic carbocycles. The number of carbonyl (C=O) groups excluding carboxylic acids is 2. The highest BCUT2D eigenvalue weighted by Gasteiger charge is 2.26. The highest BCUT2D eigenvalue weighted by atomic mass is 32.1. The lowest BCUT2D eigenvalue weighted by Gasteiger charge is -2.17. The molecule has 1 aliphatic rings. The van der Waals surface area contributed by atoms with Gasteiger partial charge < -0.3 is 9.47 Å². The number of hydrogen-bond donors (Lipinski definition) is 2. The lowest BCUT2D eigenvalue weighted by atomic mass is 10.1. The molecule has 7 heteroatoms. The van der Waals surface area contributed by atoms with Crippen molar-refractivity contribution in [3.8, 4) is 23.8 Å². The van der Waals surface area contributed by atoms with Crippen LogP contribution >= 0.6 is 12.2 Å². The molecular formula is C15H12N2O4S. The van der Waals surface area contributed by atoms with Crippen molar-refractivity contribution in [2.24, 2.45) is 0 Å². The molecule has 0 saturated carbocycles. The normalized spacial score (nSPS) is 13.8. The Hall–Kier alpha value is -2.85. The Morgan fingerprint density at radius 3 is 2.59 bits per heavy atom. The maximum atomic E-state index is 11.9. The standard InChI is InChI=1S/C15H12N2O4S/c1-3-7-21-12-9(5-4-6-11(12)20-2)8-10-13(18)16-15(22)17-14(10)19/h1,4-6,8H,7H2,2H3,(H2,16,17,18,19,22). The fourth-order valence-corrected chi connectivity index (χ4v) is 2.02. The second kappa shape index (κ2) is 6.74. The summed E-state index contributed by atoms with van der Waals surface area (Å²) in [6.07, 6.45) is 6.58. The second-order valence-electron chi connectivity index (χ2n) is 4.17. The zero-order valence-electron chi connectivity index (χ0n) is 11.6. The van der Waals surface area contributed by atoms with Gasteiger partial charge in [-0.15, -0.1) is 6.42 Å². The number of nitrogens with one attached hydrogen (secondary N) is 2. The first-order valence-corrected chi connectivity index (χ1v) is 6.59. The van der Waals surface area contributed by atoms with E-state index in [-0.39, 0.29) is 17.3 Å². The molecule has 0 spiro atoms. The van der Waals surface area contributed by atoms with Gasteiger partial charge in [-0.2, -0.15) is 0 Å². The number of para-hydroxylation sites is 1. The molecule has 112 valence electrons. The molecule has 0 aliphatic carbocycles. The van der Waals surface area contributed by atoms with E-state index in [1.54, 1.807) is 18.2 Å². The van der Waals surface area contributed by atoms with Gasteiger partial charge >= 0.3 is 0 Å². The number of rotatable bonds is 4. The smallest absolute Gasteiger partial charge is 0.263 e. The predicted octanol–water partition coefficient (Wildman–Crippen LogP) is 0.621. The van der Waals surface area contributed by atoms with Crippen LogP contribution in [0, 0.1) is 12.3 Å². The van der Waals surface area contributed by atoms with Crippen molar-refractivity contribution < 1.29 is 19.1 Å². The van der Waals surface area contributed by atoms with Crippen molar-refractivity contribution in [2.75, 3.05) is 13.7 Å². The molecule has 6 nitrogen and oxygen atoms in total. The molecule has 0 atom stereocenters. The largest absolute Gasteiger partial charge is 0.493 e. The Morgan fingerprint density at radius 2 is 2.00 bits per heavy atom. The summed E-state index contributed by atoms with van der Waals surface area (Å²) in [5.74, 6) is 1.97. The molecule has 0 bridgehead atoms. The first kappa shape index (κ1) is 15.5. The molecule has 1 fully saturated rings. The first-order valence-electron chi connectivity index (χ1n) is 6.18. The zero-order valence-corrected chi connectivity index (χ0v) is 12.5. The van der Waals surface area contributed by atoms with Crippen molar-refractivity contribution in [1.82, 2.24) is 10.6 Å². The van der Waals surface area contributed by atoms with E-state index >= 15 is 0 Å². The molecule has 2 N–H and O–H groups in total. The van der Waals surface area contributed by atoms with Gasteiger partial charge in [-0.05, 0) is 24.4 Å². The molecule has 0 aromatic heterocycles. The van der Waals surface area contributed by atoms with Crippen LogP contribution in [0.2, 0.25) is 0 Å². The molecule has 0 radical (unpaired) electrons. The second-order valence-corrected chi connectivity index (χ2v) is 4.58. The number of ether oxygens (including phenoxy) is 2. The van der Waals surface area contributed by atoms with Crippen LogP contribution in [-0.2, 0) is 9.59 Å². The average molecular weight is 316 g/mol. The van der Waals surface area contributed by atoms with Crippen LogP contribution in [-0.4, -0.2) is 30.6 Å². The Bertz CT molecular complexity index is 697. The number of thiocarbonyl (C=S) groups is 1. The van der Waals surface area contributed by atoms with E-state index < -0.39 is 11.8 Å². The molecule has 22 heavy (non-hydrogen) atoms. The van der Waals surface area contributed by atoms with E-state index in [0.717, 1.165) is 0 Å². The predicted molar refractivity (Wildman–Crippen MR) is 84.2 cm³/mol. The Balaban J connectivity index is 2.46. The van der Waals surface area contributed by atoms with E-state index in [4.69, 9.17) is 28.1 Å². The van der Waals surface area contributed by atoms with Crippen LogP contribution in [0.5, 0.6) is 11.5 Å². The summed E-state index contributed by atoms with van der Waals surface area (Å²) in [5, 5.41) is 4.69. The van der Waals surface area contributed by atoms with Gasteiger partial charge in [0.25, 0.3) is 11.8 Å². The SMILES string of the molecule is C#CCOc1c(C=C2C(=O)NC(=S)NC2=O)cccc1OC. The molecule has 0 unspecified atom stereocenters. The minimum absolute atomic E-state index is 0.0263. The van der Waals surface area contributed by atoms with Crippen molar-refractivity contribution in [1.29, 1.82) is 0 Å². The number of amides is 2. The highest BCUT2D eigenvalue weighted by molar-refractivity contribution is 7.80. The first-order chi connectivity index (χ1) is 10.6. The van der Waals surface area contributed by atoms with Gasteiger partial charge in [0.15, 0.2) is 16.6 Å². The average Bonchev–Trinajstić information content (AvgIpc) is 2.49. The minimum atomic E-state index is -0.584. The maximum Gasteiger partial charge on any atom is 0.263 e. The van der Waals surface area contributed by atoms with Crippen molar-refractivity contribution in [3.05, 3.63) is 29.3 Å². The summed E-state index contributed by atoms with van der Waals surface area (Å²) in [6, 6.07) is 5.07. The van der Waals surface area contributed by atoms with Gasteiger partial charge in [-0.25, -0.2) is 0 Å². The third-order valence-corrected chi connectivity index (χ3v) is 2.98. The maximum absolute atomic E-state index is 11.9. The Morgan fingerprint density at radius 1 is 1.32 bits per heavy atom. The molecule has 1 aromatic rings. The summed E-state index contributed by atoms with van der Waals surface area (Å²) < 4.78 is 10.6. The van der Waals surface area contributed by atoms with Crippen LogP contribution in [0.4, 0.5) is 0 Å². The van der Waals surface area contributed by atoms with Crippen LogP contribution in [0.15, 0.2) is 23.8 Å². The number of hydrogen-bond acceptors (Lipinski definition) is 5. The summed E-state index contributed by atoms with van der Waals surface area (Å²) in [4.78, 5) is 23.7. The lowest BCUT2D eigenvalue weighted by molar-refractivity contribution is -0.123. The van der Waals surface area contributed by atoms with E-state index in [0.29, 0.717) is 17.1 Å². The number of benzene rings is 1. The zero-order chi connectivity index (χ0) is 16.1. The van der Waals surface area contributed by atoms with E-state index in [1.165, 1.54) is 13.2 Å². The topological polar surface area (TPSA) is 76.7 Å². The Labute approximate surface area is 132 Å². The molecule has 1 saturated heterocycles.